The van der Waals surface area contributed by atoms with Crippen molar-refractivity contribution in [3.63, 3.8) is 0 Å². The molecule has 3 fully saturated rings. The van der Waals surface area contributed by atoms with Crippen molar-refractivity contribution in [2.75, 3.05) is 0 Å². The van der Waals surface area contributed by atoms with E-state index in [-0.39, 0.29) is 0 Å². The van der Waals surface area contributed by atoms with Crippen LogP contribution >= 0.6 is 0 Å². The van der Waals surface area contributed by atoms with Crippen LogP contribution in [0.3, 0.4) is 0 Å². The molecule has 3 aliphatic carbocycles. The van der Waals surface area contributed by atoms with Crippen molar-refractivity contribution < 1.29 is 0 Å². The van der Waals surface area contributed by atoms with Gasteiger partial charge in [0.05, 0.1) is 0 Å². The highest BCUT2D eigenvalue weighted by atomic mass is 14.7. The average molecular weight is 122 g/mol. The zero-order chi connectivity index (χ0) is 6.01. The summed E-state index contributed by atoms with van der Waals surface area (Å²) >= 11 is 0. The van der Waals surface area contributed by atoms with E-state index in [1.165, 1.54) is 23.7 Å². The van der Waals surface area contributed by atoms with Gasteiger partial charge in [-0.2, -0.15) is 0 Å². The molecule has 5 atom stereocenters. The highest BCUT2D eigenvalue weighted by Gasteiger charge is 2.64. The molecule has 0 heterocycles. The molecule has 0 aromatic carbocycles. The van der Waals surface area contributed by atoms with E-state index in [1.54, 1.807) is 19.3 Å². The van der Waals surface area contributed by atoms with E-state index in [2.05, 4.69) is 6.92 Å². The van der Waals surface area contributed by atoms with Crippen molar-refractivity contribution >= 4 is 0 Å². The summed E-state index contributed by atoms with van der Waals surface area (Å²) in [6.07, 6.45) is 4.75. The number of fused-ring (bicyclic) bond motifs is 1. The predicted octanol–water partition coefficient (Wildman–Crippen LogP) is 2.30. The van der Waals surface area contributed by atoms with Crippen molar-refractivity contribution in [1.29, 1.82) is 0 Å². The molecule has 5 unspecified atom stereocenters. The first-order valence-electron chi connectivity index (χ1n) is 4.36. The van der Waals surface area contributed by atoms with Crippen LogP contribution in [0.5, 0.6) is 0 Å². The molecular weight excluding hydrogens is 108 g/mol. The zero-order valence-corrected chi connectivity index (χ0v) is 6.01. The minimum Gasteiger partial charge on any atom is -0.0625 e. The van der Waals surface area contributed by atoms with Crippen LogP contribution < -0.4 is 0 Å². The smallest absolute Gasteiger partial charge is 0.0323 e. The van der Waals surface area contributed by atoms with Crippen molar-refractivity contribution in [2.45, 2.75) is 26.2 Å². The van der Waals surface area contributed by atoms with Crippen LogP contribution in [0.4, 0.5) is 0 Å². The van der Waals surface area contributed by atoms with Crippen LogP contribution in [-0.4, -0.2) is 0 Å². The first-order chi connectivity index (χ1) is 4.36. The third-order valence-corrected chi connectivity index (χ3v) is 3.90. The lowest BCUT2D eigenvalue weighted by molar-refractivity contribution is 0.214. The monoisotopic (exact) mass is 122 g/mol. The molecule has 0 nitrogen and oxygen atoms in total. The molecule has 3 saturated carbocycles. The summed E-state index contributed by atoms with van der Waals surface area (Å²) < 4.78 is 0. The Bertz CT molecular complexity index is 142. The van der Waals surface area contributed by atoms with Gasteiger partial charge in [0.15, 0.2) is 0 Å². The second kappa shape index (κ2) is 1.21. The lowest BCUT2D eigenvalue weighted by Crippen LogP contribution is -2.20. The van der Waals surface area contributed by atoms with E-state index in [1.807, 2.05) is 0 Å². The van der Waals surface area contributed by atoms with Crippen LogP contribution in [0.2, 0.25) is 0 Å². The molecule has 0 aliphatic heterocycles. The average Bonchev–Trinajstić information content (AvgIpc) is 2.33. The van der Waals surface area contributed by atoms with Gasteiger partial charge >= 0.3 is 0 Å². The maximum Gasteiger partial charge on any atom is -0.0323 e. The van der Waals surface area contributed by atoms with Gasteiger partial charge in [-0.1, -0.05) is 6.92 Å². The number of hydrogen-bond donors (Lipinski definition) is 0. The Morgan fingerprint density at radius 2 is 1.78 bits per heavy atom. The lowest BCUT2D eigenvalue weighted by atomic mass is 9.77. The van der Waals surface area contributed by atoms with Gasteiger partial charge in [0.25, 0.3) is 0 Å². The molecule has 9 heavy (non-hydrogen) atoms. The second-order valence-electron chi connectivity index (χ2n) is 4.48. The molecule has 3 aliphatic rings. The lowest BCUT2D eigenvalue weighted by Gasteiger charge is -2.28. The fourth-order valence-corrected chi connectivity index (χ4v) is 3.48. The molecule has 0 bridgehead atoms. The summed E-state index contributed by atoms with van der Waals surface area (Å²) in [4.78, 5) is 0. The Kier molecular flexibility index (Phi) is 0.640. The number of hydrogen-bond acceptors (Lipinski definition) is 0. The minimum absolute atomic E-state index is 1.07. The Labute approximate surface area is 56.6 Å². The molecule has 0 aromatic heterocycles. The minimum atomic E-state index is 1.07. The topological polar surface area (TPSA) is 0 Å². The van der Waals surface area contributed by atoms with Crippen LogP contribution in [0.15, 0.2) is 0 Å². The first kappa shape index (κ1) is 4.76. The van der Waals surface area contributed by atoms with Gasteiger partial charge in [-0.05, 0) is 48.9 Å². The molecule has 0 spiro atoms. The van der Waals surface area contributed by atoms with Crippen LogP contribution in [-0.2, 0) is 0 Å². The highest BCUT2D eigenvalue weighted by molar-refractivity contribution is 5.12. The van der Waals surface area contributed by atoms with Gasteiger partial charge in [-0.25, -0.2) is 0 Å². The highest BCUT2D eigenvalue weighted by Crippen LogP contribution is 2.71. The normalized spacial score (nSPS) is 68.3. The van der Waals surface area contributed by atoms with Crippen molar-refractivity contribution in [3.05, 3.63) is 0 Å². The van der Waals surface area contributed by atoms with Crippen LogP contribution in [0.1, 0.15) is 26.2 Å². The summed E-state index contributed by atoms with van der Waals surface area (Å²) in [5.41, 5.74) is 0. The van der Waals surface area contributed by atoms with Gasteiger partial charge in [-0.3, -0.25) is 0 Å². The summed E-state index contributed by atoms with van der Waals surface area (Å²) in [7, 11) is 0. The van der Waals surface area contributed by atoms with Gasteiger partial charge < -0.3 is 0 Å². The molecule has 3 rings (SSSR count). The Morgan fingerprint density at radius 1 is 1.00 bits per heavy atom. The molecule has 0 N–H and O–H groups in total. The third-order valence-electron chi connectivity index (χ3n) is 3.90. The van der Waals surface area contributed by atoms with Crippen LogP contribution in [0, 0.1) is 29.6 Å². The Hall–Kier alpha value is 0. The second-order valence-corrected chi connectivity index (χ2v) is 4.48. The largest absolute Gasteiger partial charge is 0.0625 e. The molecule has 0 radical (unpaired) electrons. The Morgan fingerprint density at radius 3 is 2.56 bits per heavy atom. The SMILES string of the molecule is CC1CC2CC3C(C1)C23. The van der Waals surface area contributed by atoms with Gasteiger partial charge in [0.2, 0.25) is 0 Å². The molecule has 0 heteroatoms. The van der Waals surface area contributed by atoms with Gasteiger partial charge in [-0.15, -0.1) is 0 Å². The maximum absolute atomic E-state index is 2.43. The standard InChI is InChI=1S/C9H14/c1-5-2-6-4-8-7(3-5)9(6)8/h5-9H,2-4H2,1H3. The van der Waals surface area contributed by atoms with E-state index in [4.69, 9.17) is 0 Å². The summed E-state index contributed by atoms with van der Waals surface area (Å²) in [5.74, 6) is 5.98. The van der Waals surface area contributed by atoms with Crippen LogP contribution in [0.25, 0.3) is 0 Å². The van der Waals surface area contributed by atoms with E-state index >= 15 is 0 Å². The third kappa shape index (κ3) is 0.426. The maximum atomic E-state index is 2.43. The zero-order valence-electron chi connectivity index (χ0n) is 6.01. The summed E-state index contributed by atoms with van der Waals surface area (Å²) in [5, 5.41) is 0. The summed E-state index contributed by atoms with van der Waals surface area (Å²) in [6, 6.07) is 0. The van der Waals surface area contributed by atoms with Crippen molar-refractivity contribution in [2.24, 2.45) is 29.6 Å². The fraction of sp³-hybridized carbons (Fsp3) is 1.00. The molecule has 0 amide bonds. The molecule has 50 valence electrons. The first-order valence-corrected chi connectivity index (χ1v) is 4.36. The van der Waals surface area contributed by atoms with E-state index in [0.717, 1.165) is 5.92 Å². The fourth-order valence-electron chi connectivity index (χ4n) is 3.48. The molecule has 0 saturated heterocycles. The predicted molar refractivity (Wildman–Crippen MR) is 37.0 cm³/mol. The summed E-state index contributed by atoms with van der Waals surface area (Å²) in [6.45, 7) is 2.43. The van der Waals surface area contributed by atoms with Crippen molar-refractivity contribution in [1.82, 2.24) is 0 Å². The van der Waals surface area contributed by atoms with Gasteiger partial charge in [0.1, 0.15) is 0 Å². The molecular formula is C9H14. The quantitative estimate of drug-likeness (QED) is 0.462. The molecule has 0 aromatic rings. The van der Waals surface area contributed by atoms with E-state index < -0.39 is 0 Å². The van der Waals surface area contributed by atoms with Gasteiger partial charge in [0, 0.05) is 0 Å². The number of rotatable bonds is 0. The van der Waals surface area contributed by atoms with E-state index in [9.17, 15) is 0 Å². The Balaban J connectivity index is 1.86. The van der Waals surface area contributed by atoms with E-state index in [0.29, 0.717) is 0 Å². The van der Waals surface area contributed by atoms with Crippen molar-refractivity contribution in [3.8, 4) is 0 Å².